The van der Waals surface area contributed by atoms with Gasteiger partial charge in [-0.1, -0.05) is 12.1 Å². The molecule has 0 aliphatic rings. The Morgan fingerprint density at radius 2 is 1.60 bits per heavy atom. The van der Waals surface area contributed by atoms with E-state index in [1.54, 1.807) is 17.0 Å². The summed E-state index contributed by atoms with van der Waals surface area (Å²) in [6, 6.07) is 13.3. The van der Waals surface area contributed by atoms with Crippen LogP contribution < -0.4 is 0 Å². The topological polar surface area (TPSA) is 84.7 Å². The van der Waals surface area contributed by atoms with Crippen molar-refractivity contribution in [3.05, 3.63) is 65.5 Å². The summed E-state index contributed by atoms with van der Waals surface area (Å²) in [5.41, 5.74) is 1.10. The standard InChI is InChI=1S/C21H25FN4O3S/c1-24(2)12-13-26(15-18-4-8-19(22)9-5-18)21(27)16-25(3)30(28,29)20-10-6-17(14-23)7-11-20/h4-11H,12-13,15-16H2,1-3H3. The molecule has 9 heteroatoms. The zero-order valence-electron chi connectivity index (χ0n) is 17.2. The Hall–Kier alpha value is -2.80. The molecule has 2 aromatic carbocycles. The van der Waals surface area contributed by atoms with E-state index in [0.717, 1.165) is 9.87 Å². The van der Waals surface area contributed by atoms with Crippen LogP contribution in [0.5, 0.6) is 0 Å². The van der Waals surface area contributed by atoms with Gasteiger partial charge in [0, 0.05) is 26.7 Å². The lowest BCUT2D eigenvalue weighted by Gasteiger charge is -2.27. The van der Waals surface area contributed by atoms with E-state index in [1.807, 2.05) is 25.1 Å². The SMILES string of the molecule is CN(C)CCN(Cc1ccc(F)cc1)C(=O)CN(C)S(=O)(=O)c1ccc(C#N)cc1. The molecule has 0 aromatic heterocycles. The Morgan fingerprint density at radius 1 is 1.00 bits per heavy atom. The summed E-state index contributed by atoms with van der Waals surface area (Å²) in [5, 5.41) is 8.86. The molecule has 0 aliphatic heterocycles. The monoisotopic (exact) mass is 432 g/mol. The first-order chi connectivity index (χ1) is 14.1. The predicted octanol–water partition coefficient (Wildman–Crippen LogP) is 1.91. The van der Waals surface area contributed by atoms with Gasteiger partial charge in [0.15, 0.2) is 0 Å². The average molecular weight is 433 g/mol. The molecule has 0 atom stereocenters. The van der Waals surface area contributed by atoms with Crippen LogP contribution in [-0.2, 0) is 21.4 Å². The van der Waals surface area contributed by atoms with Crippen molar-refractivity contribution in [1.82, 2.24) is 14.1 Å². The second-order valence-corrected chi connectivity index (χ2v) is 9.19. The van der Waals surface area contributed by atoms with E-state index in [4.69, 9.17) is 5.26 Å². The highest BCUT2D eigenvalue weighted by molar-refractivity contribution is 7.89. The maximum Gasteiger partial charge on any atom is 0.243 e. The van der Waals surface area contributed by atoms with Crippen LogP contribution in [0.2, 0.25) is 0 Å². The number of sulfonamides is 1. The van der Waals surface area contributed by atoms with E-state index >= 15 is 0 Å². The Labute approximate surface area is 177 Å². The molecule has 0 aliphatic carbocycles. The zero-order valence-corrected chi connectivity index (χ0v) is 18.1. The number of likely N-dealkylation sites (N-methyl/N-ethyl adjacent to an activating group) is 2. The van der Waals surface area contributed by atoms with Crippen LogP contribution in [0.4, 0.5) is 4.39 Å². The van der Waals surface area contributed by atoms with Gasteiger partial charge < -0.3 is 9.80 Å². The van der Waals surface area contributed by atoms with Gasteiger partial charge in [0.05, 0.1) is 23.1 Å². The predicted molar refractivity (Wildman–Crippen MR) is 111 cm³/mol. The third kappa shape index (κ3) is 6.35. The molecule has 0 heterocycles. The van der Waals surface area contributed by atoms with Crippen LogP contribution in [0.3, 0.4) is 0 Å². The van der Waals surface area contributed by atoms with Crippen LogP contribution >= 0.6 is 0 Å². The second-order valence-electron chi connectivity index (χ2n) is 7.14. The number of hydrogen-bond donors (Lipinski definition) is 0. The summed E-state index contributed by atoms with van der Waals surface area (Å²) >= 11 is 0. The maximum atomic E-state index is 13.2. The van der Waals surface area contributed by atoms with Gasteiger partial charge in [-0.25, -0.2) is 12.8 Å². The summed E-state index contributed by atoms with van der Waals surface area (Å²) in [4.78, 5) is 16.4. The van der Waals surface area contributed by atoms with Gasteiger partial charge in [-0.05, 0) is 56.1 Å². The van der Waals surface area contributed by atoms with Crippen LogP contribution in [0, 0.1) is 17.1 Å². The minimum absolute atomic E-state index is 0.00942. The second kappa shape index (κ2) is 10.3. The number of hydrogen-bond acceptors (Lipinski definition) is 5. The smallest absolute Gasteiger partial charge is 0.243 e. The molecule has 30 heavy (non-hydrogen) atoms. The number of amides is 1. The number of nitriles is 1. The fourth-order valence-electron chi connectivity index (χ4n) is 2.68. The number of carbonyl (C=O) groups is 1. The highest BCUT2D eigenvalue weighted by Gasteiger charge is 2.25. The van der Waals surface area contributed by atoms with Gasteiger partial charge in [0.2, 0.25) is 15.9 Å². The zero-order chi connectivity index (χ0) is 22.3. The molecular formula is C21H25FN4O3S. The minimum Gasteiger partial charge on any atom is -0.336 e. The first-order valence-corrected chi connectivity index (χ1v) is 10.7. The van der Waals surface area contributed by atoms with Gasteiger partial charge in [-0.3, -0.25) is 4.79 Å². The van der Waals surface area contributed by atoms with Crippen LogP contribution in [0.25, 0.3) is 0 Å². The summed E-state index contributed by atoms with van der Waals surface area (Å²) < 4.78 is 39.7. The van der Waals surface area contributed by atoms with Gasteiger partial charge >= 0.3 is 0 Å². The summed E-state index contributed by atoms with van der Waals surface area (Å²) in [7, 11) is 1.21. The number of carbonyl (C=O) groups excluding carboxylic acids is 1. The molecule has 2 rings (SSSR count). The summed E-state index contributed by atoms with van der Waals surface area (Å²) in [6.07, 6.45) is 0. The quantitative estimate of drug-likeness (QED) is 0.604. The molecule has 0 saturated carbocycles. The number of rotatable bonds is 9. The Balaban J connectivity index is 2.15. The third-order valence-corrected chi connectivity index (χ3v) is 6.32. The van der Waals surface area contributed by atoms with Crippen molar-refractivity contribution in [2.45, 2.75) is 11.4 Å². The third-order valence-electron chi connectivity index (χ3n) is 4.51. The van der Waals surface area contributed by atoms with E-state index in [2.05, 4.69) is 0 Å². The molecule has 0 N–H and O–H groups in total. The molecule has 1 amide bonds. The molecule has 7 nitrogen and oxygen atoms in total. The van der Waals surface area contributed by atoms with E-state index in [1.165, 1.54) is 43.4 Å². The lowest BCUT2D eigenvalue weighted by atomic mass is 10.2. The number of halogens is 1. The largest absolute Gasteiger partial charge is 0.336 e. The van der Waals surface area contributed by atoms with Crippen LogP contribution in [0.1, 0.15) is 11.1 Å². The fourth-order valence-corrected chi connectivity index (χ4v) is 3.80. The maximum absolute atomic E-state index is 13.2. The Morgan fingerprint density at radius 3 is 2.13 bits per heavy atom. The van der Waals surface area contributed by atoms with Gasteiger partial charge in [0.1, 0.15) is 5.82 Å². The average Bonchev–Trinajstić information content (AvgIpc) is 2.72. The van der Waals surface area contributed by atoms with Gasteiger partial charge in [-0.15, -0.1) is 0 Å². The number of nitrogens with zero attached hydrogens (tertiary/aromatic N) is 4. The van der Waals surface area contributed by atoms with Crippen molar-refractivity contribution in [2.24, 2.45) is 0 Å². The highest BCUT2D eigenvalue weighted by Crippen LogP contribution is 2.16. The molecule has 2 aromatic rings. The van der Waals surface area contributed by atoms with Crippen molar-refractivity contribution in [1.29, 1.82) is 5.26 Å². The lowest BCUT2D eigenvalue weighted by molar-refractivity contribution is -0.132. The summed E-state index contributed by atoms with van der Waals surface area (Å²) in [6.45, 7) is 0.904. The van der Waals surface area contributed by atoms with Crippen molar-refractivity contribution in [3.63, 3.8) is 0 Å². The van der Waals surface area contributed by atoms with Crippen molar-refractivity contribution in [2.75, 3.05) is 40.8 Å². The highest BCUT2D eigenvalue weighted by atomic mass is 32.2. The van der Waals surface area contributed by atoms with Gasteiger partial charge in [0.25, 0.3) is 0 Å². The van der Waals surface area contributed by atoms with Gasteiger partial charge in [-0.2, -0.15) is 9.57 Å². The molecule has 0 saturated heterocycles. The Kier molecular flexibility index (Phi) is 8.06. The van der Waals surface area contributed by atoms with Crippen molar-refractivity contribution in [3.8, 4) is 6.07 Å². The van der Waals surface area contributed by atoms with E-state index in [-0.39, 0.29) is 29.7 Å². The van der Waals surface area contributed by atoms with Crippen molar-refractivity contribution >= 4 is 15.9 Å². The molecule has 0 bridgehead atoms. The van der Waals surface area contributed by atoms with E-state index < -0.39 is 10.0 Å². The molecule has 0 radical (unpaired) electrons. The molecular weight excluding hydrogens is 407 g/mol. The first kappa shape index (κ1) is 23.5. The Bertz CT molecular complexity index is 1000. The first-order valence-electron chi connectivity index (χ1n) is 9.27. The number of benzene rings is 2. The van der Waals surface area contributed by atoms with E-state index in [9.17, 15) is 17.6 Å². The normalized spacial score (nSPS) is 11.5. The molecule has 0 spiro atoms. The van der Waals surface area contributed by atoms with Crippen LogP contribution in [0.15, 0.2) is 53.4 Å². The lowest BCUT2D eigenvalue weighted by Crippen LogP contribution is -2.43. The minimum atomic E-state index is -3.89. The summed E-state index contributed by atoms with van der Waals surface area (Å²) in [5.74, 6) is -0.723. The van der Waals surface area contributed by atoms with Crippen molar-refractivity contribution < 1.29 is 17.6 Å². The van der Waals surface area contributed by atoms with Crippen LogP contribution in [-0.4, -0.2) is 69.2 Å². The van der Waals surface area contributed by atoms with E-state index in [0.29, 0.717) is 18.7 Å². The molecule has 160 valence electrons. The molecule has 0 unspecified atom stereocenters. The molecule has 0 fully saturated rings. The fraction of sp³-hybridized carbons (Fsp3) is 0.333.